The molecule has 0 aliphatic rings. The van der Waals surface area contributed by atoms with Crippen molar-refractivity contribution in [2.75, 3.05) is 13.1 Å². The Labute approximate surface area is 157 Å². The second kappa shape index (κ2) is 9.34. The van der Waals surface area contributed by atoms with E-state index in [0.717, 1.165) is 0 Å². The summed E-state index contributed by atoms with van der Waals surface area (Å²) in [5, 5.41) is 6.04. The highest BCUT2D eigenvalue weighted by Gasteiger charge is 2.14. The van der Waals surface area contributed by atoms with E-state index in [1.54, 1.807) is 55.5 Å². The maximum atomic E-state index is 12.0. The van der Waals surface area contributed by atoms with E-state index in [2.05, 4.69) is 23.3 Å². The Morgan fingerprint density at radius 3 is 2.40 bits per heavy atom. The maximum Gasteiger partial charge on any atom is 0.260 e. The van der Waals surface area contributed by atoms with Crippen molar-refractivity contribution in [3.05, 3.63) is 59.1 Å². The maximum absolute atomic E-state index is 12.0. The van der Waals surface area contributed by atoms with Crippen LogP contribution in [0.25, 0.3) is 0 Å². The van der Waals surface area contributed by atoms with Gasteiger partial charge < -0.3 is 15.4 Å². The molecule has 1 atom stereocenters. The topological polar surface area (TPSA) is 67.4 Å². The number of nitrogens with one attached hydrogen (secondary N) is 2. The number of ether oxygens (including phenoxy) is 1. The Morgan fingerprint density at radius 1 is 1.08 bits per heavy atom. The molecule has 7 heteroatoms. The van der Waals surface area contributed by atoms with Gasteiger partial charge in [0.15, 0.2) is 6.10 Å². The molecular formula is C18H19ClN2O3S. The quantitative estimate of drug-likeness (QED) is 0.512. The van der Waals surface area contributed by atoms with Crippen LogP contribution in [0.1, 0.15) is 17.3 Å². The SMILES string of the molecule is CC(Oc1ccc(Cl)cc1)C(=O)NCCNC(=O)c1ccccc1S. The Kier molecular flexibility index (Phi) is 7.16. The van der Waals surface area contributed by atoms with E-state index in [1.165, 1.54) is 0 Å². The van der Waals surface area contributed by atoms with Crippen molar-refractivity contribution in [1.29, 1.82) is 0 Å². The van der Waals surface area contributed by atoms with Crippen molar-refractivity contribution in [2.45, 2.75) is 17.9 Å². The summed E-state index contributed by atoms with van der Waals surface area (Å²) in [7, 11) is 0. The number of carbonyl (C=O) groups excluding carboxylic acids is 2. The van der Waals surface area contributed by atoms with Gasteiger partial charge in [0.2, 0.25) is 0 Å². The number of carbonyl (C=O) groups is 2. The van der Waals surface area contributed by atoms with Crippen molar-refractivity contribution >= 4 is 36.0 Å². The van der Waals surface area contributed by atoms with Crippen LogP contribution >= 0.6 is 24.2 Å². The minimum absolute atomic E-state index is 0.231. The molecule has 0 aromatic heterocycles. The number of hydrogen-bond acceptors (Lipinski definition) is 4. The first kappa shape index (κ1) is 19.1. The fourth-order valence-electron chi connectivity index (χ4n) is 2.04. The standard InChI is InChI=1S/C18H19ClN2O3S/c1-12(24-14-8-6-13(19)7-9-14)17(22)20-10-11-21-18(23)15-4-2-3-5-16(15)25/h2-9,12,25H,10-11H2,1H3,(H,20,22)(H,21,23). The average Bonchev–Trinajstić information content (AvgIpc) is 2.60. The molecule has 0 saturated carbocycles. The molecule has 0 bridgehead atoms. The third-order valence-corrected chi connectivity index (χ3v) is 4.00. The van der Waals surface area contributed by atoms with E-state index in [9.17, 15) is 9.59 Å². The molecule has 2 N–H and O–H groups in total. The van der Waals surface area contributed by atoms with E-state index in [0.29, 0.717) is 34.3 Å². The first-order chi connectivity index (χ1) is 12.0. The monoisotopic (exact) mass is 378 g/mol. The lowest BCUT2D eigenvalue weighted by Crippen LogP contribution is -2.40. The van der Waals surface area contributed by atoms with Gasteiger partial charge in [-0.3, -0.25) is 9.59 Å². The average molecular weight is 379 g/mol. The second-order valence-electron chi connectivity index (χ2n) is 5.28. The van der Waals surface area contributed by atoms with Gasteiger partial charge in [0.05, 0.1) is 5.56 Å². The summed E-state index contributed by atoms with van der Waals surface area (Å²) in [5.74, 6) is 0.0647. The molecular weight excluding hydrogens is 360 g/mol. The van der Waals surface area contributed by atoms with Crippen LogP contribution in [0.2, 0.25) is 5.02 Å². The van der Waals surface area contributed by atoms with Crippen LogP contribution < -0.4 is 15.4 Å². The molecule has 0 aliphatic carbocycles. The molecule has 0 radical (unpaired) electrons. The Balaban J connectivity index is 1.72. The number of thiol groups is 1. The largest absolute Gasteiger partial charge is 0.481 e. The van der Waals surface area contributed by atoms with Crippen LogP contribution in [0, 0.1) is 0 Å². The van der Waals surface area contributed by atoms with Crippen LogP contribution in [0.4, 0.5) is 0 Å². The van der Waals surface area contributed by atoms with Crippen LogP contribution in [0.15, 0.2) is 53.4 Å². The van der Waals surface area contributed by atoms with Gasteiger partial charge in [0.25, 0.3) is 11.8 Å². The number of halogens is 1. The van der Waals surface area contributed by atoms with Gasteiger partial charge in [-0.2, -0.15) is 0 Å². The minimum Gasteiger partial charge on any atom is -0.481 e. The summed E-state index contributed by atoms with van der Waals surface area (Å²) < 4.78 is 5.53. The van der Waals surface area contributed by atoms with Crippen molar-refractivity contribution in [3.63, 3.8) is 0 Å². The lowest BCUT2D eigenvalue weighted by Gasteiger charge is -2.15. The number of amides is 2. The first-order valence-corrected chi connectivity index (χ1v) is 8.56. The molecule has 1 unspecified atom stereocenters. The fourth-order valence-corrected chi connectivity index (χ4v) is 2.43. The summed E-state index contributed by atoms with van der Waals surface area (Å²) in [5.41, 5.74) is 0.497. The van der Waals surface area contributed by atoms with E-state index in [-0.39, 0.29) is 11.8 Å². The summed E-state index contributed by atoms with van der Waals surface area (Å²) in [6.07, 6.45) is -0.657. The normalized spacial score (nSPS) is 11.5. The van der Waals surface area contributed by atoms with Gasteiger partial charge in [0, 0.05) is 23.0 Å². The zero-order valence-electron chi connectivity index (χ0n) is 13.7. The number of hydrogen-bond donors (Lipinski definition) is 3. The predicted octanol–water partition coefficient (Wildman–Crippen LogP) is 2.94. The summed E-state index contributed by atoms with van der Waals surface area (Å²) in [4.78, 5) is 24.6. The van der Waals surface area contributed by atoms with Gasteiger partial charge in [-0.25, -0.2) is 0 Å². The molecule has 0 heterocycles. The van der Waals surface area contributed by atoms with Gasteiger partial charge in [-0.1, -0.05) is 23.7 Å². The van der Waals surface area contributed by atoms with Gasteiger partial charge in [-0.05, 0) is 43.3 Å². The summed E-state index contributed by atoms with van der Waals surface area (Å²) >= 11 is 10.0. The lowest BCUT2D eigenvalue weighted by atomic mass is 10.2. The first-order valence-electron chi connectivity index (χ1n) is 7.73. The van der Waals surface area contributed by atoms with Crippen LogP contribution in [-0.4, -0.2) is 31.0 Å². The molecule has 132 valence electrons. The molecule has 2 amide bonds. The third kappa shape index (κ3) is 5.99. The number of benzene rings is 2. The van der Waals surface area contributed by atoms with Crippen LogP contribution in [0.3, 0.4) is 0 Å². The lowest BCUT2D eigenvalue weighted by molar-refractivity contribution is -0.127. The molecule has 2 aromatic carbocycles. The number of rotatable bonds is 7. The van der Waals surface area contributed by atoms with E-state index in [1.807, 2.05) is 0 Å². The molecule has 0 fully saturated rings. The highest BCUT2D eigenvalue weighted by molar-refractivity contribution is 7.80. The Hall–Kier alpha value is -2.18. The Morgan fingerprint density at radius 2 is 1.72 bits per heavy atom. The predicted molar refractivity (Wildman–Crippen MR) is 101 cm³/mol. The smallest absolute Gasteiger partial charge is 0.260 e. The highest BCUT2D eigenvalue weighted by Crippen LogP contribution is 2.16. The fraction of sp³-hybridized carbons (Fsp3) is 0.222. The molecule has 0 spiro atoms. The zero-order chi connectivity index (χ0) is 18.2. The van der Waals surface area contributed by atoms with E-state index >= 15 is 0 Å². The molecule has 2 rings (SSSR count). The van der Waals surface area contributed by atoms with Crippen molar-refractivity contribution < 1.29 is 14.3 Å². The molecule has 5 nitrogen and oxygen atoms in total. The molecule has 2 aromatic rings. The van der Waals surface area contributed by atoms with Gasteiger partial charge in [0.1, 0.15) is 5.75 Å². The zero-order valence-corrected chi connectivity index (χ0v) is 15.3. The highest BCUT2D eigenvalue weighted by atomic mass is 35.5. The summed E-state index contributed by atoms with van der Waals surface area (Å²) in [6, 6.07) is 13.8. The van der Waals surface area contributed by atoms with E-state index in [4.69, 9.17) is 16.3 Å². The van der Waals surface area contributed by atoms with Crippen molar-refractivity contribution in [3.8, 4) is 5.75 Å². The van der Waals surface area contributed by atoms with Crippen LogP contribution in [-0.2, 0) is 4.79 Å². The van der Waals surface area contributed by atoms with Crippen molar-refractivity contribution in [2.24, 2.45) is 0 Å². The summed E-state index contributed by atoms with van der Waals surface area (Å²) in [6.45, 7) is 2.26. The van der Waals surface area contributed by atoms with E-state index < -0.39 is 6.10 Å². The van der Waals surface area contributed by atoms with Crippen LogP contribution in [0.5, 0.6) is 5.75 Å². The van der Waals surface area contributed by atoms with Gasteiger partial charge in [-0.15, -0.1) is 12.6 Å². The molecule has 0 aliphatic heterocycles. The Bertz CT molecular complexity index is 737. The molecule has 0 saturated heterocycles. The second-order valence-corrected chi connectivity index (χ2v) is 6.20. The third-order valence-electron chi connectivity index (χ3n) is 3.35. The van der Waals surface area contributed by atoms with Crippen molar-refractivity contribution in [1.82, 2.24) is 10.6 Å². The molecule has 25 heavy (non-hydrogen) atoms. The minimum atomic E-state index is -0.657. The van der Waals surface area contributed by atoms with Gasteiger partial charge >= 0.3 is 0 Å².